The van der Waals surface area contributed by atoms with E-state index in [-0.39, 0.29) is 25.3 Å². The summed E-state index contributed by atoms with van der Waals surface area (Å²) in [5.41, 5.74) is -6.98. The number of rotatable bonds is 17. The van der Waals surface area contributed by atoms with Crippen LogP contribution in [0.3, 0.4) is 0 Å². The number of nitrogens with one attached hydrogen (secondary N) is 3. The van der Waals surface area contributed by atoms with Crippen LogP contribution in [0.5, 0.6) is 11.6 Å². The molecule has 19 nitrogen and oxygen atoms in total. The smallest absolute Gasteiger partial charge is 0.427 e. The second-order valence-corrected chi connectivity index (χ2v) is 21.3. The zero-order valence-electron chi connectivity index (χ0n) is 38.5. The molecule has 370 valence electrons. The Bertz CT molecular complexity index is 2390. The van der Waals surface area contributed by atoms with Crippen LogP contribution in [0.1, 0.15) is 113 Å². The van der Waals surface area contributed by atoms with Crippen molar-refractivity contribution in [2.75, 3.05) is 13.7 Å². The molecule has 0 bridgehead atoms. The van der Waals surface area contributed by atoms with Crippen molar-refractivity contribution in [1.82, 2.24) is 25.2 Å². The highest BCUT2D eigenvalue weighted by molar-refractivity contribution is 7.85. The van der Waals surface area contributed by atoms with Crippen LogP contribution in [0.4, 0.5) is 18.0 Å². The Hall–Kier alpha value is -4.52. The number of hydrogen-bond acceptors (Lipinski definition) is 14. The lowest BCUT2D eigenvalue weighted by Crippen LogP contribution is -2.60. The van der Waals surface area contributed by atoms with E-state index in [1.54, 1.807) is 58.9 Å². The number of fused-ring (bicyclic) bond motifs is 1. The highest BCUT2D eigenvalue weighted by Crippen LogP contribution is 2.48. The summed E-state index contributed by atoms with van der Waals surface area (Å²) in [5, 5.41) is 11.0. The number of nitrogens with zero attached hydrogens (tertiary/aromatic N) is 2. The van der Waals surface area contributed by atoms with Crippen molar-refractivity contribution in [3.05, 3.63) is 30.5 Å². The molecule has 4 fully saturated rings. The third-order valence-electron chi connectivity index (χ3n) is 12.5. The van der Waals surface area contributed by atoms with E-state index in [0.717, 1.165) is 23.1 Å². The van der Waals surface area contributed by atoms with Gasteiger partial charge in [-0.25, -0.2) is 23.8 Å². The average molecular weight is 979 g/mol. The molecule has 0 spiro atoms. The van der Waals surface area contributed by atoms with Crippen molar-refractivity contribution in [3.8, 4) is 11.6 Å². The van der Waals surface area contributed by atoms with Crippen LogP contribution in [0.25, 0.3) is 10.8 Å². The average Bonchev–Trinajstić information content (AvgIpc) is 4.17. The Morgan fingerprint density at radius 1 is 0.939 bits per heavy atom. The standard InChI is InChI=1S/C37H50F3N5O10S.C5H11NO3S/c1-9-22-19-36(22,31(48)44-56(50,51)55-35(10-2)14-15-35)43-28(46)26-18-24(53-29-25-12-11-23(52-8)17-21(25)13-16-41-29)20-45(26)30(47)27(33(3,4)5)42-32(49)54-34(6,7)37(38,39)40;1-2-5(3-4-5)9-10(6,7)8/h11-13,16-17,22,24,26-27H,9-10,14-15,18-20H2,1-8H3,(H,42,49)(H,43,46)(H,44,48);2-4H2,1H3,(H2,6,7,8)/t22-,24-,26+,27-,36-;/m1./s1. The van der Waals surface area contributed by atoms with Crippen molar-refractivity contribution in [2.45, 2.75) is 160 Å². The maximum Gasteiger partial charge on any atom is 0.427 e. The summed E-state index contributed by atoms with van der Waals surface area (Å²) < 4.78 is 116. The first-order chi connectivity index (χ1) is 30.4. The second kappa shape index (κ2) is 18.9. The molecule has 3 aliphatic carbocycles. The molecule has 1 saturated heterocycles. The van der Waals surface area contributed by atoms with E-state index >= 15 is 0 Å². The van der Waals surface area contributed by atoms with E-state index in [2.05, 4.69) is 24.9 Å². The summed E-state index contributed by atoms with van der Waals surface area (Å²) in [6.45, 7) is 11.2. The molecule has 3 saturated carbocycles. The molecule has 66 heavy (non-hydrogen) atoms. The number of carbonyl (C=O) groups is 4. The fourth-order valence-corrected chi connectivity index (χ4v) is 9.70. The Morgan fingerprint density at radius 2 is 1.55 bits per heavy atom. The number of hydrogen-bond donors (Lipinski definition) is 4. The first-order valence-electron chi connectivity index (χ1n) is 21.7. The van der Waals surface area contributed by atoms with Gasteiger partial charge in [0.15, 0.2) is 0 Å². The van der Waals surface area contributed by atoms with E-state index in [9.17, 15) is 49.2 Å². The quantitative estimate of drug-likeness (QED) is 0.166. The molecule has 1 aliphatic heterocycles. The Kier molecular flexibility index (Phi) is 15.0. The largest absolute Gasteiger partial charge is 0.497 e. The third kappa shape index (κ3) is 12.5. The van der Waals surface area contributed by atoms with Gasteiger partial charge in [-0.1, -0.05) is 48.0 Å². The SMILES string of the molecule is CCC1(OS(N)(=O)=O)CC1.CC[C@@H]1C[C@]1(NC(=O)[C@@H]1C[C@@H](Oc2nccc3cc(OC)ccc23)CN1C(=O)[C@@H](NC(=O)OC(C)(C)C(F)(F)F)C(C)(C)C)C(=O)NS(=O)(=O)OC1(CC)CC1. The normalized spacial score (nSPS) is 23.7. The minimum absolute atomic E-state index is 0.104. The van der Waals surface area contributed by atoms with E-state index in [0.29, 0.717) is 57.1 Å². The number of methoxy groups -OCH3 is 1. The van der Waals surface area contributed by atoms with Gasteiger partial charge >= 0.3 is 32.9 Å². The van der Waals surface area contributed by atoms with E-state index in [1.807, 2.05) is 11.6 Å². The van der Waals surface area contributed by atoms with E-state index < -0.39 is 102 Å². The molecule has 5 N–H and O–H groups in total. The van der Waals surface area contributed by atoms with Crippen molar-refractivity contribution in [1.29, 1.82) is 0 Å². The number of nitrogens with two attached hydrogens (primary N) is 1. The van der Waals surface area contributed by atoms with Gasteiger partial charge in [-0.2, -0.15) is 30.0 Å². The molecule has 1 aromatic carbocycles. The number of halogens is 3. The highest BCUT2D eigenvalue weighted by atomic mass is 32.2. The van der Waals surface area contributed by atoms with Crippen molar-refractivity contribution >= 4 is 55.2 Å². The molecule has 5 atom stereocenters. The van der Waals surface area contributed by atoms with Crippen LogP contribution in [-0.2, 0) is 48.1 Å². The number of pyridine rings is 1. The monoisotopic (exact) mass is 978 g/mol. The summed E-state index contributed by atoms with van der Waals surface area (Å²) in [6, 6.07) is 4.10. The number of carbonyl (C=O) groups excluding carboxylic acids is 4. The number of benzene rings is 1. The Labute approximate surface area is 383 Å². The number of likely N-dealkylation sites (tertiary alicyclic amines) is 1. The molecule has 6 rings (SSSR count). The maximum atomic E-state index is 14.5. The fraction of sp³-hybridized carbons (Fsp3) is 0.690. The van der Waals surface area contributed by atoms with Crippen LogP contribution >= 0.6 is 0 Å². The molecule has 2 heterocycles. The summed E-state index contributed by atoms with van der Waals surface area (Å²) in [7, 11) is -6.75. The van der Waals surface area contributed by atoms with Crippen molar-refractivity contribution in [2.24, 2.45) is 16.5 Å². The van der Waals surface area contributed by atoms with E-state index in [1.165, 1.54) is 13.3 Å². The second-order valence-electron chi connectivity index (χ2n) is 18.9. The summed E-state index contributed by atoms with van der Waals surface area (Å²) >= 11 is 0. The zero-order valence-corrected chi connectivity index (χ0v) is 40.1. The molecule has 0 radical (unpaired) electrons. The first-order valence-corrected chi connectivity index (χ1v) is 24.5. The number of amides is 4. The van der Waals surface area contributed by atoms with Gasteiger partial charge in [-0.15, -0.1) is 0 Å². The van der Waals surface area contributed by atoms with Crippen LogP contribution in [-0.4, -0.2) is 111 Å². The van der Waals surface area contributed by atoms with Gasteiger partial charge < -0.3 is 29.7 Å². The lowest BCUT2D eigenvalue weighted by atomic mass is 9.85. The lowest BCUT2D eigenvalue weighted by molar-refractivity contribution is -0.244. The highest BCUT2D eigenvalue weighted by Gasteiger charge is 2.62. The van der Waals surface area contributed by atoms with Crippen LogP contribution in [0, 0.1) is 11.3 Å². The van der Waals surface area contributed by atoms with Gasteiger partial charge in [-0.05, 0) is 99.8 Å². The molecule has 2 aromatic rings. The van der Waals surface area contributed by atoms with Crippen molar-refractivity contribution in [3.63, 3.8) is 0 Å². The predicted molar refractivity (Wildman–Crippen MR) is 232 cm³/mol. The molecule has 0 unspecified atom stereocenters. The fourth-order valence-electron chi connectivity index (χ4n) is 7.72. The predicted octanol–water partition coefficient (Wildman–Crippen LogP) is 4.83. The van der Waals surface area contributed by atoms with Gasteiger partial charge in [0.1, 0.15) is 29.5 Å². The number of alkyl halides is 3. The third-order valence-corrected chi connectivity index (χ3v) is 14.1. The Balaban J connectivity index is 0.000000721. The lowest BCUT2D eigenvalue weighted by Gasteiger charge is -2.36. The van der Waals surface area contributed by atoms with Gasteiger partial charge in [0.25, 0.3) is 5.91 Å². The van der Waals surface area contributed by atoms with Crippen molar-refractivity contribution < 1.29 is 71.8 Å². The minimum atomic E-state index is -4.92. The number of aromatic nitrogens is 1. The summed E-state index contributed by atoms with van der Waals surface area (Å²) in [5.74, 6) is -2.33. The molecule has 24 heteroatoms. The van der Waals surface area contributed by atoms with Gasteiger partial charge in [0.2, 0.25) is 23.3 Å². The topological polar surface area (TPSA) is 261 Å². The van der Waals surface area contributed by atoms with Gasteiger partial charge in [0.05, 0.1) is 24.9 Å². The summed E-state index contributed by atoms with van der Waals surface area (Å²) in [4.78, 5) is 60.8. The first kappa shape index (κ1) is 52.4. The molecular weight excluding hydrogens is 918 g/mol. The minimum Gasteiger partial charge on any atom is -0.497 e. The number of ether oxygens (including phenoxy) is 3. The molecule has 4 amide bonds. The van der Waals surface area contributed by atoms with E-state index in [4.69, 9.17) is 18.4 Å². The van der Waals surface area contributed by atoms with Gasteiger partial charge in [0, 0.05) is 18.0 Å². The van der Waals surface area contributed by atoms with Crippen LogP contribution in [0.15, 0.2) is 30.5 Å². The molecular formula is C42H61F3N6O13S2. The van der Waals surface area contributed by atoms with Crippen LogP contribution < -0.4 is 30.0 Å². The number of alkyl carbamates (subject to hydrolysis) is 1. The Morgan fingerprint density at radius 3 is 2.03 bits per heavy atom. The summed E-state index contributed by atoms with van der Waals surface area (Å²) in [6.07, 6.45) is -1.67. The molecule has 4 aliphatic rings. The van der Waals surface area contributed by atoms with Gasteiger partial charge in [-0.3, -0.25) is 18.6 Å². The van der Waals surface area contributed by atoms with Crippen LogP contribution in [0.2, 0.25) is 0 Å². The maximum absolute atomic E-state index is 14.5. The zero-order chi connectivity index (χ0) is 49.5. The molecule has 1 aromatic heterocycles.